The summed E-state index contributed by atoms with van der Waals surface area (Å²) >= 11 is 0. The number of allylic oxidation sites excluding steroid dienone is 1. The van der Waals surface area contributed by atoms with Crippen LogP contribution in [0.2, 0.25) is 0 Å². The van der Waals surface area contributed by atoms with Crippen molar-refractivity contribution < 1.29 is 9.59 Å². The topological polar surface area (TPSA) is 88.1 Å². The summed E-state index contributed by atoms with van der Waals surface area (Å²) in [5, 5.41) is 0. The summed E-state index contributed by atoms with van der Waals surface area (Å²) in [5.41, 5.74) is 4.25. The normalized spacial score (nSPS) is 16.8. The molecule has 196 valence electrons. The van der Waals surface area contributed by atoms with Crippen LogP contribution in [-0.2, 0) is 12.8 Å². The van der Waals surface area contributed by atoms with Gasteiger partial charge in [0.05, 0.1) is 16.6 Å². The summed E-state index contributed by atoms with van der Waals surface area (Å²) in [4.78, 5) is 44.6. The molecule has 1 N–H and O–H groups in total. The van der Waals surface area contributed by atoms with E-state index in [0.717, 1.165) is 23.9 Å². The second-order valence-corrected chi connectivity index (χ2v) is 10.1. The van der Waals surface area contributed by atoms with Crippen LogP contribution in [0.15, 0.2) is 121 Å². The van der Waals surface area contributed by atoms with Crippen molar-refractivity contribution in [1.29, 1.82) is 0 Å². The zero-order valence-corrected chi connectivity index (χ0v) is 21.9. The maximum atomic E-state index is 14.1. The smallest absolute Gasteiger partial charge is 0.181 e. The lowest BCUT2D eigenvalue weighted by Gasteiger charge is -2.25. The summed E-state index contributed by atoms with van der Waals surface area (Å²) in [5.74, 6) is -1.31. The summed E-state index contributed by atoms with van der Waals surface area (Å²) < 4.78 is 0. The van der Waals surface area contributed by atoms with Crippen molar-refractivity contribution in [2.75, 3.05) is 0 Å². The Balaban J connectivity index is 1.31. The molecule has 6 heteroatoms. The van der Waals surface area contributed by atoms with Crippen molar-refractivity contribution in [3.05, 3.63) is 144 Å². The molecule has 3 heterocycles. The number of carbonyl (C=O) groups is 2. The molecule has 40 heavy (non-hydrogen) atoms. The standard InChI is InChI=1S/C34H28N4O2/c39-31(26-9-2-1-3-10-26)30(33-37-28-12-4-5-13-29(28)38-33)32(40)27-11-6-8-25(22-27)23-34(17-7-19-36-34)18-14-24-15-20-35-21-16-24/h1-13,15-17,19-22,30H,14,18,23H2,(H,37,38). The Bertz CT molecular complexity index is 1680. The van der Waals surface area contributed by atoms with Gasteiger partial charge in [-0.3, -0.25) is 19.6 Å². The molecule has 0 spiro atoms. The van der Waals surface area contributed by atoms with E-state index in [1.807, 2.05) is 73.0 Å². The molecule has 0 radical (unpaired) electrons. The Morgan fingerprint density at radius 1 is 0.800 bits per heavy atom. The molecule has 2 atom stereocenters. The minimum absolute atomic E-state index is 0.285. The van der Waals surface area contributed by atoms with Crippen molar-refractivity contribution in [2.45, 2.75) is 30.7 Å². The van der Waals surface area contributed by atoms with Gasteiger partial charge < -0.3 is 4.98 Å². The molecule has 6 nitrogen and oxygen atoms in total. The maximum absolute atomic E-state index is 14.1. The molecule has 1 aliphatic rings. The largest absolute Gasteiger partial charge is 0.341 e. The third-order valence-corrected chi connectivity index (χ3v) is 7.41. The molecule has 0 saturated heterocycles. The SMILES string of the molecule is O=C(c1ccccc1)C(C(=O)c1cccc(CC2(CCc3ccncc3)C=CC=N2)c1)c1nc2ccccc2[nH]1. The number of H-pyrrole nitrogens is 1. The van der Waals surface area contributed by atoms with E-state index in [1.54, 1.807) is 42.7 Å². The monoisotopic (exact) mass is 524 g/mol. The number of aromatic amines is 1. The number of aliphatic imine (C=N–C) groups is 1. The Hall–Kier alpha value is -4.97. The van der Waals surface area contributed by atoms with Gasteiger partial charge in [0.2, 0.25) is 0 Å². The molecule has 2 unspecified atom stereocenters. The fourth-order valence-electron chi connectivity index (χ4n) is 5.31. The molecule has 0 saturated carbocycles. The maximum Gasteiger partial charge on any atom is 0.181 e. The number of aromatic nitrogens is 3. The summed E-state index contributed by atoms with van der Waals surface area (Å²) in [6.45, 7) is 0. The first-order chi connectivity index (χ1) is 19.6. The van der Waals surface area contributed by atoms with Gasteiger partial charge in [0, 0.05) is 36.2 Å². The number of imidazole rings is 1. The first-order valence-corrected chi connectivity index (χ1v) is 13.4. The third-order valence-electron chi connectivity index (χ3n) is 7.41. The number of nitrogens with zero attached hydrogens (tertiary/aromatic N) is 3. The van der Waals surface area contributed by atoms with E-state index >= 15 is 0 Å². The van der Waals surface area contributed by atoms with Crippen LogP contribution in [0.5, 0.6) is 0 Å². The molecule has 3 aromatic carbocycles. The van der Waals surface area contributed by atoms with Gasteiger partial charge in [0.25, 0.3) is 0 Å². The van der Waals surface area contributed by atoms with E-state index in [1.165, 1.54) is 5.56 Å². The number of carbonyl (C=O) groups excluding carboxylic acids is 2. The van der Waals surface area contributed by atoms with Crippen molar-refractivity contribution in [2.24, 2.45) is 4.99 Å². The van der Waals surface area contributed by atoms with E-state index in [2.05, 4.69) is 21.0 Å². The number of hydrogen-bond acceptors (Lipinski definition) is 5. The zero-order chi connectivity index (χ0) is 27.4. The van der Waals surface area contributed by atoms with Crippen LogP contribution < -0.4 is 0 Å². The predicted octanol–water partition coefficient (Wildman–Crippen LogP) is 6.36. The molecule has 0 bridgehead atoms. The molecule has 0 amide bonds. The van der Waals surface area contributed by atoms with Gasteiger partial charge in [-0.05, 0) is 60.4 Å². The minimum Gasteiger partial charge on any atom is -0.341 e. The lowest BCUT2D eigenvalue weighted by atomic mass is 9.84. The second kappa shape index (κ2) is 11.0. The molecule has 0 fully saturated rings. The van der Waals surface area contributed by atoms with E-state index in [-0.39, 0.29) is 17.1 Å². The fraction of sp³-hybridized carbons (Fsp3) is 0.147. The lowest BCUT2D eigenvalue weighted by molar-refractivity contribution is 0.0856. The zero-order valence-electron chi connectivity index (χ0n) is 21.9. The van der Waals surface area contributed by atoms with E-state index in [9.17, 15) is 9.59 Å². The van der Waals surface area contributed by atoms with Gasteiger partial charge in [-0.2, -0.15) is 0 Å². The Morgan fingerprint density at radius 2 is 1.55 bits per heavy atom. The molecule has 5 aromatic rings. The number of aryl methyl sites for hydroxylation is 1. The highest BCUT2D eigenvalue weighted by Gasteiger charge is 2.34. The Morgan fingerprint density at radius 3 is 2.33 bits per heavy atom. The minimum atomic E-state index is -1.09. The Kier molecular flexibility index (Phi) is 6.98. The first-order valence-electron chi connectivity index (χ1n) is 13.4. The van der Waals surface area contributed by atoms with Crippen LogP contribution in [0.3, 0.4) is 0 Å². The summed E-state index contributed by atoms with van der Waals surface area (Å²) in [6, 6.07) is 28.1. The van der Waals surface area contributed by atoms with Gasteiger partial charge in [0.1, 0.15) is 11.7 Å². The average Bonchev–Trinajstić information content (AvgIpc) is 3.65. The Labute approximate surface area is 232 Å². The number of para-hydroxylation sites is 2. The highest BCUT2D eigenvalue weighted by Crippen LogP contribution is 2.30. The number of hydrogen-bond donors (Lipinski definition) is 1. The van der Waals surface area contributed by atoms with Crippen LogP contribution in [0.1, 0.15) is 50.0 Å². The van der Waals surface area contributed by atoms with Gasteiger partial charge >= 0.3 is 0 Å². The molecule has 0 aliphatic carbocycles. The van der Waals surface area contributed by atoms with Gasteiger partial charge in [-0.15, -0.1) is 0 Å². The average molecular weight is 525 g/mol. The molecule has 2 aromatic heterocycles. The van der Waals surface area contributed by atoms with E-state index in [0.29, 0.717) is 28.9 Å². The molecular weight excluding hydrogens is 496 g/mol. The van der Waals surface area contributed by atoms with Crippen LogP contribution in [0, 0.1) is 0 Å². The highest BCUT2D eigenvalue weighted by molar-refractivity contribution is 6.19. The van der Waals surface area contributed by atoms with Crippen LogP contribution in [0.4, 0.5) is 0 Å². The fourth-order valence-corrected chi connectivity index (χ4v) is 5.31. The van der Waals surface area contributed by atoms with Gasteiger partial charge in [0.15, 0.2) is 11.6 Å². The van der Waals surface area contributed by atoms with Crippen LogP contribution >= 0.6 is 0 Å². The van der Waals surface area contributed by atoms with Crippen molar-refractivity contribution in [3.63, 3.8) is 0 Å². The van der Waals surface area contributed by atoms with Gasteiger partial charge in [-0.25, -0.2) is 4.98 Å². The number of rotatable bonds is 10. The van der Waals surface area contributed by atoms with Crippen molar-refractivity contribution in [1.82, 2.24) is 15.0 Å². The highest BCUT2D eigenvalue weighted by atomic mass is 16.2. The summed E-state index contributed by atoms with van der Waals surface area (Å²) in [6.07, 6.45) is 11.9. The van der Waals surface area contributed by atoms with Crippen LogP contribution in [-0.4, -0.2) is 38.3 Å². The predicted molar refractivity (Wildman–Crippen MR) is 157 cm³/mol. The number of pyridine rings is 1. The number of benzene rings is 3. The van der Waals surface area contributed by atoms with E-state index in [4.69, 9.17) is 4.99 Å². The number of ketones is 2. The van der Waals surface area contributed by atoms with Gasteiger partial charge in [-0.1, -0.05) is 66.7 Å². The third kappa shape index (κ3) is 5.29. The number of Topliss-reactive ketones (excluding diaryl/α,β-unsaturated/α-hetero) is 2. The second-order valence-electron chi connectivity index (χ2n) is 10.1. The number of fused-ring (bicyclic) bond motifs is 1. The first kappa shape index (κ1) is 25.3. The van der Waals surface area contributed by atoms with Crippen molar-refractivity contribution in [3.8, 4) is 0 Å². The number of nitrogens with one attached hydrogen (secondary N) is 1. The molecular formula is C34H28N4O2. The molecule has 6 rings (SSSR count). The quantitative estimate of drug-likeness (QED) is 0.170. The van der Waals surface area contributed by atoms with Crippen molar-refractivity contribution >= 4 is 28.8 Å². The van der Waals surface area contributed by atoms with E-state index < -0.39 is 5.92 Å². The lowest BCUT2D eigenvalue weighted by Crippen LogP contribution is -2.27. The molecule has 1 aliphatic heterocycles. The van der Waals surface area contributed by atoms with Crippen LogP contribution in [0.25, 0.3) is 11.0 Å². The summed E-state index contributed by atoms with van der Waals surface area (Å²) in [7, 11) is 0.